The Bertz CT molecular complexity index is 803. The fourth-order valence-electron chi connectivity index (χ4n) is 3.18. The zero-order valence-corrected chi connectivity index (χ0v) is 13.6. The fourth-order valence-corrected chi connectivity index (χ4v) is 3.90. The SMILES string of the molecule is O=C(c1ccc2ncsc2c1)N1CCC(Cn2ccnc2)CC1. The van der Waals surface area contributed by atoms with Crippen LogP contribution >= 0.6 is 11.3 Å². The van der Waals surface area contributed by atoms with Crippen molar-refractivity contribution in [1.29, 1.82) is 0 Å². The number of amides is 1. The molecule has 4 rings (SSSR count). The molecule has 3 aromatic rings. The van der Waals surface area contributed by atoms with Crippen molar-refractivity contribution in [1.82, 2.24) is 19.4 Å². The number of nitrogens with zero attached hydrogens (tertiary/aromatic N) is 4. The predicted molar refractivity (Wildman–Crippen MR) is 90.5 cm³/mol. The molecular weight excluding hydrogens is 308 g/mol. The summed E-state index contributed by atoms with van der Waals surface area (Å²) in [5.41, 5.74) is 3.56. The van der Waals surface area contributed by atoms with Crippen LogP contribution in [0.2, 0.25) is 0 Å². The van der Waals surface area contributed by atoms with Gasteiger partial charge in [-0.3, -0.25) is 4.79 Å². The molecule has 1 fully saturated rings. The molecule has 0 saturated carbocycles. The first-order valence-corrected chi connectivity index (χ1v) is 8.76. The van der Waals surface area contributed by atoms with E-state index in [9.17, 15) is 4.79 Å². The predicted octanol–water partition coefficient (Wildman–Crippen LogP) is 3.05. The average Bonchev–Trinajstić information content (AvgIpc) is 3.25. The summed E-state index contributed by atoms with van der Waals surface area (Å²) in [6.45, 7) is 2.66. The number of thiazole rings is 1. The largest absolute Gasteiger partial charge is 0.339 e. The summed E-state index contributed by atoms with van der Waals surface area (Å²) in [4.78, 5) is 23.0. The molecule has 0 atom stereocenters. The minimum atomic E-state index is 0.140. The van der Waals surface area contributed by atoms with E-state index in [1.807, 2.05) is 47.3 Å². The van der Waals surface area contributed by atoms with E-state index < -0.39 is 0 Å². The number of likely N-dealkylation sites (tertiary alicyclic amines) is 1. The number of piperidine rings is 1. The molecule has 5 nitrogen and oxygen atoms in total. The number of aromatic nitrogens is 3. The van der Waals surface area contributed by atoms with Gasteiger partial charge in [-0.05, 0) is 37.0 Å². The van der Waals surface area contributed by atoms with Gasteiger partial charge in [0.15, 0.2) is 0 Å². The van der Waals surface area contributed by atoms with Gasteiger partial charge >= 0.3 is 0 Å². The number of carbonyl (C=O) groups is 1. The van der Waals surface area contributed by atoms with Crippen LogP contribution < -0.4 is 0 Å². The molecule has 1 saturated heterocycles. The third-order valence-corrected chi connectivity index (χ3v) is 5.30. The van der Waals surface area contributed by atoms with Crippen molar-refractivity contribution in [2.24, 2.45) is 5.92 Å². The van der Waals surface area contributed by atoms with Gasteiger partial charge < -0.3 is 9.47 Å². The van der Waals surface area contributed by atoms with Crippen molar-refractivity contribution in [2.45, 2.75) is 19.4 Å². The van der Waals surface area contributed by atoms with Gasteiger partial charge in [0.25, 0.3) is 5.91 Å². The number of benzene rings is 1. The standard InChI is InChI=1S/C17H18N4OS/c22-17(14-1-2-15-16(9-14)23-12-19-15)21-6-3-13(4-7-21)10-20-8-5-18-11-20/h1-2,5,8-9,11-13H,3-4,6-7,10H2. The Balaban J connectivity index is 1.40. The molecule has 0 radical (unpaired) electrons. The van der Waals surface area contributed by atoms with Crippen molar-refractivity contribution in [3.8, 4) is 0 Å². The molecule has 0 unspecified atom stereocenters. The molecule has 1 amide bonds. The van der Waals surface area contributed by atoms with Crippen LogP contribution in [-0.4, -0.2) is 38.4 Å². The maximum Gasteiger partial charge on any atom is 0.253 e. The first-order chi connectivity index (χ1) is 11.3. The summed E-state index contributed by atoms with van der Waals surface area (Å²) in [7, 11) is 0. The normalized spacial score (nSPS) is 16.1. The highest BCUT2D eigenvalue weighted by atomic mass is 32.1. The van der Waals surface area contributed by atoms with Crippen molar-refractivity contribution in [2.75, 3.05) is 13.1 Å². The van der Waals surface area contributed by atoms with Crippen LogP contribution in [0.3, 0.4) is 0 Å². The zero-order valence-electron chi connectivity index (χ0n) is 12.8. The van der Waals surface area contributed by atoms with E-state index in [0.29, 0.717) is 5.92 Å². The first-order valence-electron chi connectivity index (χ1n) is 7.88. The number of hydrogen-bond acceptors (Lipinski definition) is 4. The number of fused-ring (bicyclic) bond motifs is 1. The van der Waals surface area contributed by atoms with E-state index in [1.165, 1.54) is 0 Å². The number of hydrogen-bond donors (Lipinski definition) is 0. The van der Waals surface area contributed by atoms with Crippen LogP contribution in [0.15, 0.2) is 42.4 Å². The Kier molecular flexibility index (Phi) is 3.83. The van der Waals surface area contributed by atoms with Gasteiger partial charge in [-0.2, -0.15) is 0 Å². The third-order valence-electron chi connectivity index (χ3n) is 4.51. The zero-order chi connectivity index (χ0) is 15.6. The summed E-state index contributed by atoms with van der Waals surface area (Å²) < 4.78 is 3.20. The topological polar surface area (TPSA) is 51.0 Å². The Labute approximate surface area is 138 Å². The molecule has 0 bridgehead atoms. The van der Waals surface area contributed by atoms with Gasteiger partial charge in [0, 0.05) is 37.6 Å². The summed E-state index contributed by atoms with van der Waals surface area (Å²) in [5, 5.41) is 0. The van der Waals surface area contributed by atoms with Crippen LogP contribution in [0.4, 0.5) is 0 Å². The van der Waals surface area contributed by atoms with Crippen LogP contribution in [-0.2, 0) is 6.54 Å². The minimum absolute atomic E-state index is 0.140. The Morgan fingerprint density at radius 3 is 2.96 bits per heavy atom. The quantitative estimate of drug-likeness (QED) is 0.743. The summed E-state index contributed by atoms with van der Waals surface area (Å²) >= 11 is 1.58. The van der Waals surface area contributed by atoms with E-state index in [4.69, 9.17) is 0 Å². The summed E-state index contributed by atoms with van der Waals surface area (Å²) in [5.74, 6) is 0.763. The molecule has 1 aliphatic heterocycles. The first kappa shape index (κ1) is 14.4. The highest BCUT2D eigenvalue weighted by Crippen LogP contribution is 2.23. The van der Waals surface area contributed by atoms with Crippen LogP contribution in [0.1, 0.15) is 23.2 Å². The molecule has 23 heavy (non-hydrogen) atoms. The Morgan fingerprint density at radius 2 is 2.17 bits per heavy atom. The summed E-state index contributed by atoms with van der Waals surface area (Å²) in [6, 6.07) is 5.79. The lowest BCUT2D eigenvalue weighted by Crippen LogP contribution is -2.39. The molecule has 2 aromatic heterocycles. The molecule has 1 aromatic carbocycles. The molecule has 6 heteroatoms. The number of rotatable bonds is 3. The van der Waals surface area contributed by atoms with Gasteiger partial charge in [-0.15, -0.1) is 11.3 Å². The van der Waals surface area contributed by atoms with E-state index in [0.717, 1.165) is 48.3 Å². The van der Waals surface area contributed by atoms with E-state index in [2.05, 4.69) is 14.5 Å². The van der Waals surface area contributed by atoms with Crippen LogP contribution in [0.25, 0.3) is 10.2 Å². The molecule has 118 valence electrons. The number of imidazole rings is 1. The molecular formula is C17H18N4OS. The molecule has 0 N–H and O–H groups in total. The minimum Gasteiger partial charge on any atom is -0.339 e. The Hall–Kier alpha value is -2.21. The molecule has 0 aliphatic carbocycles. The highest BCUT2D eigenvalue weighted by Gasteiger charge is 2.24. The lowest BCUT2D eigenvalue weighted by Gasteiger charge is -2.32. The van der Waals surface area contributed by atoms with Crippen LogP contribution in [0, 0.1) is 5.92 Å². The van der Waals surface area contributed by atoms with Gasteiger partial charge in [-0.1, -0.05) is 0 Å². The van der Waals surface area contributed by atoms with Crippen molar-refractivity contribution >= 4 is 27.5 Å². The highest BCUT2D eigenvalue weighted by molar-refractivity contribution is 7.16. The van der Waals surface area contributed by atoms with Crippen LogP contribution in [0.5, 0.6) is 0 Å². The molecule has 1 aliphatic rings. The van der Waals surface area contributed by atoms with E-state index >= 15 is 0 Å². The van der Waals surface area contributed by atoms with Crippen molar-refractivity contribution in [3.63, 3.8) is 0 Å². The maximum atomic E-state index is 12.7. The van der Waals surface area contributed by atoms with Crippen molar-refractivity contribution in [3.05, 3.63) is 48.0 Å². The van der Waals surface area contributed by atoms with Crippen molar-refractivity contribution < 1.29 is 4.79 Å². The maximum absolute atomic E-state index is 12.7. The third kappa shape index (κ3) is 2.99. The van der Waals surface area contributed by atoms with Gasteiger partial charge in [0.05, 0.1) is 22.1 Å². The van der Waals surface area contributed by atoms with E-state index in [1.54, 1.807) is 11.3 Å². The van der Waals surface area contributed by atoms with Gasteiger partial charge in [0.1, 0.15) is 0 Å². The second kappa shape index (κ2) is 6.12. The fraction of sp³-hybridized carbons (Fsp3) is 0.353. The molecule has 0 spiro atoms. The lowest BCUT2D eigenvalue weighted by molar-refractivity contribution is 0.0683. The second-order valence-electron chi connectivity index (χ2n) is 6.03. The monoisotopic (exact) mass is 326 g/mol. The lowest BCUT2D eigenvalue weighted by atomic mass is 9.96. The summed E-state index contributed by atoms with van der Waals surface area (Å²) in [6.07, 6.45) is 7.78. The van der Waals surface area contributed by atoms with Gasteiger partial charge in [0.2, 0.25) is 0 Å². The second-order valence-corrected chi connectivity index (χ2v) is 6.92. The molecule has 3 heterocycles. The van der Waals surface area contributed by atoms with Gasteiger partial charge in [-0.25, -0.2) is 9.97 Å². The van der Waals surface area contributed by atoms with E-state index in [-0.39, 0.29) is 5.91 Å². The Morgan fingerprint density at radius 1 is 1.30 bits per heavy atom. The average molecular weight is 326 g/mol. The smallest absolute Gasteiger partial charge is 0.253 e. The number of carbonyl (C=O) groups excluding carboxylic acids is 1.